The van der Waals surface area contributed by atoms with Crippen molar-refractivity contribution in [2.45, 2.75) is 26.3 Å². The molecule has 3 N–H and O–H groups in total. The first-order valence-corrected chi connectivity index (χ1v) is 7.59. The van der Waals surface area contributed by atoms with E-state index in [9.17, 15) is 4.39 Å². The van der Waals surface area contributed by atoms with Gasteiger partial charge in [0, 0.05) is 4.88 Å². The summed E-state index contributed by atoms with van der Waals surface area (Å²) >= 11 is 5.17. The van der Waals surface area contributed by atoms with Gasteiger partial charge < -0.3 is 0 Å². The molecule has 1 heterocycles. The molecule has 0 amide bonds. The Balaban J connectivity index is 2.26. The lowest BCUT2D eigenvalue weighted by Crippen LogP contribution is -2.29. The fourth-order valence-electron chi connectivity index (χ4n) is 1.98. The molecule has 1 aromatic heterocycles. The van der Waals surface area contributed by atoms with Crippen LogP contribution in [0, 0.1) is 19.7 Å². The van der Waals surface area contributed by atoms with Crippen molar-refractivity contribution in [3.8, 4) is 0 Å². The van der Waals surface area contributed by atoms with Crippen LogP contribution in [0.3, 0.4) is 0 Å². The topological polar surface area (TPSA) is 38.0 Å². The van der Waals surface area contributed by atoms with Gasteiger partial charge in [-0.2, -0.15) is 0 Å². The van der Waals surface area contributed by atoms with Gasteiger partial charge in [0.25, 0.3) is 0 Å². The van der Waals surface area contributed by atoms with E-state index >= 15 is 0 Å². The molecule has 0 aliphatic carbocycles. The molecule has 2 rings (SSSR count). The van der Waals surface area contributed by atoms with Crippen LogP contribution in [0.25, 0.3) is 0 Å². The summed E-state index contributed by atoms with van der Waals surface area (Å²) in [5.41, 5.74) is 6.07. The number of aryl methyl sites for hydroxylation is 2. The van der Waals surface area contributed by atoms with Crippen molar-refractivity contribution in [3.05, 3.63) is 55.4 Å². The fraction of sp³-hybridized carbons (Fsp3) is 0.286. The molecule has 1 unspecified atom stereocenters. The highest BCUT2D eigenvalue weighted by Gasteiger charge is 2.16. The number of hydrogen-bond donors (Lipinski definition) is 2. The second-order valence-electron chi connectivity index (χ2n) is 4.60. The molecule has 0 bridgehead atoms. The minimum absolute atomic E-state index is 0.00417. The quantitative estimate of drug-likeness (QED) is 0.650. The average molecular weight is 343 g/mol. The van der Waals surface area contributed by atoms with Gasteiger partial charge in [-0.05, 0) is 71.1 Å². The van der Waals surface area contributed by atoms with Crippen LogP contribution in [0.5, 0.6) is 0 Å². The molecule has 1 atom stereocenters. The molecule has 2 nitrogen and oxygen atoms in total. The number of nitrogens with two attached hydrogens (primary N) is 1. The molecule has 0 fully saturated rings. The normalized spacial score (nSPS) is 12.7. The Morgan fingerprint density at radius 3 is 2.63 bits per heavy atom. The van der Waals surface area contributed by atoms with Crippen LogP contribution in [0.4, 0.5) is 4.39 Å². The van der Waals surface area contributed by atoms with Gasteiger partial charge in [0.1, 0.15) is 5.82 Å². The Morgan fingerprint density at radius 1 is 1.32 bits per heavy atom. The third kappa shape index (κ3) is 3.42. The molecule has 0 aliphatic rings. The predicted molar refractivity (Wildman–Crippen MR) is 81.7 cm³/mol. The summed E-state index contributed by atoms with van der Waals surface area (Å²) in [6, 6.07) is 6.96. The Kier molecular flexibility index (Phi) is 4.73. The standard InChI is InChI=1S/C14H16BrFN2S/c1-8-3-4-11(16)6-10(8)7-12(18-17)13-5-9(2)14(15)19-13/h3-6,12,18H,7,17H2,1-2H3. The molecule has 2 aromatic rings. The summed E-state index contributed by atoms with van der Waals surface area (Å²) < 4.78 is 14.4. The van der Waals surface area contributed by atoms with Gasteiger partial charge in [-0.3, -0.25) is 11.3 Å². The Hall–Kier alpha value is -0.750. The first-order chi connectivity index (χ1) is 9.01. The lowest BCUT2D eigenvalue weighted by atomic mass is 10.00. The summed E-state index contributed by atoms with van der Waals surface area (Å²) in [5, 5.41) is 0. The zero-order valence-electron chi connectivity index (χ0n) is 10.8. The predicted octanol–water partition coefficient (Wildman–Crippen LogP) is 4.01. The second kappa shape index (κ2) is 6.13. The van der Waals surface area contributed by atoms with E-state index in [1.54, 1.807) is 23.5 Å². The molecule has 0 saturated heterocycles. The Bertz CT molecular complexity index is 563. The smallest absolute Gasteiger partial charge is 0.123 e. The lowest BCUT2D eigenvalue weighted by Gasteiger charge is -2.15. The SMILES string of the molecule is Cc1ccc(F)cc1CC(NN)c1cc(C)c(Br)s1. The van der Waals surface area contributed by atoms with Crippen molar-refractivity contribution in [2.75, 3.05) is 0 Å². The number of nitrogens with one attached hydrogen (secondary N) is 1. The zero-order chi connectivity index (χ0) is 14.0. The monoisotopic (exact) mass is 342 g/mol. The summed E-state index contributed by atoms with van der Waals surface area (Å²) in [6.07, 6.45) is 0.673. The van der Waals surface area contributed by atoms with Gasteiger partial charge >= 0.3 is 0 Å². The maximum atomic E-state index is 13.3. The van der Waals surface area contributed by atoms with Crippen LogP contribution in [0.15, 0.2) is 28.1 Å². The van der Waals surface area contributed by atoms with Gasteiger partial charge in [-0.25, -0.2) is 4.39 Å². The first kappa shape index (κ1) is 14.7. The molecular weight excluding hydrogens is 327 g/mol. The molecular formula is C14H16BrFN2S. The van der Waals surface area contributed by atoms with E-state index in [0.29, 0.717) is 6.42 Å². The van der Waals surface area contributed by atoms with E-state index in [1.165, 1.54) is 11.6 Å². The van der Waals surface area contributed by atoms with Crippen LogP contribution in [-0.4, -0.2) is 0 Å². The van der Waals surface area contributed by atoms with Crippen LogP contribution in [0.1, 0.15) is 27.6 Å². The van der Waals surface area contributed by atoms with Crippen LogP contribution in [0.2, 0.25) is 0 Å². The molecule has 1 aromatic carbocycles. The fourth-order valence-corrected chi connectivity index (χ4v) is 3.61. The maximum absolute atomic E-state index is 13.3. The highest BCUT2D eigenvalue weighted by Crippen LogP contribution is 2.32. The largest absolute Gasteiger partial charge is 0.271 e. The molecule has 5 heteroatoms. The molecule has 19 heavy (non-hydrogen) atoms. The van der Waals surface area contributed by atoms with Gasteiger partial charge in [-0.1, -0.05) is 6.07 Å². The van der Waals surface area contributed by atoms with E-state index in [0.717, 1.165) is 19.8 Å². The molecule has 0 spiro atoms. The van der Waals surface area contributed by atoms with Crippen LogP contribution < -0.4 is 11.3 Å². The van der Waals surface area contributed by atoms with E-state index in [4.69, 9.17) is 5.84 Å². The van der Waals surface area contributed by atoms with E-state index < -0.39 is 0 Å². The summed E-state index contributed by atoms with van der Waals surface area (Å²) in [7, 11) is 0. The van der Waals surface area contributed by atoms with E-state index in [2.05, 4.69) is 27.4 Å². The van der Waals surface area contributed by atoms with E-state index in [-0.39, 0.29) is 11.9 Å². The van der Waals surface area contributed by atoms with E-state index in [1.807, 2.05) is 13.8 Å². The van der Waals surface area contributed by atoms with Crippen molar-refractivity contribution in [2.24, 2.45) is 5.84 Å². The number of halogens is 2. The number of hydrazine groups is 1. The minimum atomic E-state index is -0.208. The highest BCUT2D eigenvalue weighted by molar-refractivity contribution is 9.11. The highest BCUT2D eigenvalue weighted by atomic mass is 79.9. The molecule has 0 saturated carbocycles. The van der Waals surface area contributed by atoms with Crippen LogP contribution >= 0.6 is 27.3 Å². The Morgan fingerprint density at radius 2 is 2.05 bits per heavy atom. The second-order valence-corrected chi connectivity index (χ2v) is 7.00. The molecule has 0 radical (unpaired) electrons. The number of rotatable bonds is 4. The van der Waals surface area contributed by atoms with Gasteiger partial charge in [0.2, 0.25) is 0 Å². The zero-order valence-corrected chi connectivity index (χ0v) is 13.2. The van der Waals surface area contributed by atoms with Crippen molar-refractivity contribution >= 4 is 27.3 Å². The van der Waals surface area contributed by atoms with Crippen molar-refractivity contribution < 1.29 is 4.39 Å². The number of hydrogen-bond acceptors (Lipinski definition) is 3. The van der Waals surface area contributed by atoms with Crippen molar-refractivity contribution in [3.63, 3.8) is 0 Å². The Labute approximate surface area is 124 Å². The maximum Gasteiger partial charge on any atom is 0.123 e. The summed E-state index contributed by atoms with van der Waals surface area (Å²) in [4.78, 5) is 1.15. The van der Waals surface area contributed by atoms with Gasteiger partial charge in [0.15, 0.2) is 0 Å². The average Bonchev–Trinajstić information content (AvgIpc) is 2.70. The number of thiophene rings is 1. The minimum Gasteiger partial charge on any atom is -0.271 e. The first-order valence-electron chi connectivity index (χ1n) is 5.98. The van der Waals surface area contributed by atoms with Crippen molar-refractivity contribution in [1.82, 2.24) is 5.43 Å². The van der Waals surface area contributed by atoms with Gasteiger partial charge in [-0.15, -0.1) is 11.3 Å². The summed E-state index contributed by atoms with van der Waals surface area (Å²) in [5.74, 6) is 5.44. The third-order valence-electron chi connectivity index (χ3n) is 3.16. The summed E-state index contributed by atoms with van der Waals surface area (Å²) in [6.45, 7) is 4.03. The van der Waals surface area contributed by atoms with Crippen LogP contribution in [-0.2, 0) is 6.42 Å². The lowest BCUT2D eigenvalue weighted by molar-refractivity contribution is 0.555. The molecule has 0 aliphatic heterocycles. The van der Waals surface area contributed by atoms with Gasteiger partial charge in [0.05, 0.1) is 9.83 Å². The molecule has 102 valence electrons. The van der Waals surface area contributed by atoms with Crippen molar-refractivity contribution in [1.29, 1.82) is 0 Å². The third-order valence-corrected chi connectivity index (χ3v) is 5.41. The number of benzene rings is 1.